The van der Waals surface area contributed by atoms with Gasteiger partial charge < -0.3 is 0 Å². The van der Waals surface area contributed by atoms with Gasteiger partial charge in [0.2, 0.25) is 5.91 Å². The zero-order chi connectivity index (χ0) is 14.2. The van der Waals surface area contributed by atoms with Crippen molar-refractivity contribution in [3.05, 3.63) is 33.8 Å². The van der Waals surface area contributed by atoms with Crippen LogP contribution in [0.2, 0.25) is 0 Å². The molecule has 1 unspecified atom stereocenters. The number of carbonyl (C=O) groups excluding carboxylic acids is 2. The molecule has 1 saturated heterocycles. The van der Waals surface area contributed by atoms with Crippen molar-refractivity contribution in [1.29, 1.82) is 0 Å². The molecule has 3 nitrogen and oxygen atoms in total. The Balaban J connectivity index is 2.25. The second kappa shape index (κ2) is 5.45. The van der Waals surface area contributed by atoms with Crippen molar-refractivity contribution in [3.8, 4) is 0 Å². The number of nitrogens with zero attached hydrogens (tertiary/aromatic N) is 1. The van der Waals surface area contributed by atoms with E-state index in [0.717, 1.165) is 10.0 Å². The number of likely N-dealkylation sites (tertiary alicyclic amines) is 1. The highest BCUT2D eigenvalue weighted by Gasteiger charge is 2.36. The van der Waals surface area contributed by atoms with E-state index in [2.05, 4.69) is 29.8 Å². The molecule has 2 rings (SSSR count). The number of carbonyl (C=O) groups is 2. The molecule has 1 atom stereocenters. The molecular weight excluding hydrogens is 306 g/mol. The maximum absolute atomic E-state index is 12.5. The van der Waals surface area contributed by atoms with Gasteiger partial charge in [-0.3, -0.25) is 14.5 Å². The van der Waals surface area contributed by atoms with Gasteiger partial charge in [-0.1, -0.05) is 26.0 Å². The van der Waals surface area contributed by atoms with Crippen LogP contribution in [0.25, 0.3) is 0 Å². The molecule has 1 aromatic rings. The molecule has 19 heavy (non-hydrogen) atoms. The summed E-state index contributed by atoms with van der Waals surface area (Å²) in [5.41, 5.74) is 1.57. The molecule has 0 aliphatic carbocycles. The van der Waals surface area contributed by atoms with Crippen molar-refractivity contribution in [1.82, 2.24) is 4.90 Å². The molecule has 4 heteroatoms. The van der Waals surface area contributed by atoms with E-state index in [-0.39, 0.29) is 17.7 Å². The predicted molar refractivity (Wildman–Crippen MR) is 77.9 cm³/mol. The lowest BCUT2D eigenvalue weighted by Crippen LogP contribution is -2.33. The highest BCUT2D eigenvalue weighted by atomic mass is 79.9. The Bertz CT molecular complexity index is 525. The van der Waals surface area contributed by atoms with Gasteiger partial charge in [-0.25, -0.2) is 0 Å². The third-order valence-corrected chi connectivity index (χ3v) is 4.82. The number of imide groups is 1. The molecule has 2 amide bonds. The third-order valence-electron chi connectivity index (χ3n) is 3.77. The molecule has 0 spiro atoms. The van der Waals surface area contributed by atoms with E-state index in [4.69, 9.17) is 0 Å². The Morgan fingerprint density at radius 1 is 1.42 bits per heavy atom. The SMILES string of the molecule is Cc1cccc(C(=O)N2CC(C(C)C)CC2=O)c1Br. The first-order chi connectivity index (χ1) is 8.91. The van der Waals surface area contributed by atoms with Gasteiger partial charge in [0.25, 0.3) is 5.91 Å². The highest BCUT2D eigenvalue weighted by Crippen LogP contribution is 2.28. The van der Waals surface area contributed by atoms with Crippen molar-refractivity contribution >= 4 is 27.7 Å². The smallest absolute Gasteiger partial charge is 0.261 e. The monoisotopic (exact) mass is 323 g/mol. The number of aryl methyl sites for hydroxylation is 1. The molecule has 1 aromatic carbocycles. The molecule has 0 bridgehead atoms. The van der Waals surface area contributed by atoms with Gasteiger partial charge in [-0.15, -0.1) is 0 Å². The summed E-state index contributed by atoms with van der Waals surface area (Å²) in [6.07, 6.45) is 0.479. The molecule has 1 fully saturated rings. The van der Waals surface area contributed by atoms with E-state index < -0.39 is 0 Å². The Labute approximate surface area is 122 Å². The topological polar surface area (TPSA) is 37.4 Å². The van der Waals surface area contributed by atoms with Crippen LogP contribution in [0.3, 0.4) is 0 Å². The Morgan fingerprint density at radius 2 is 2.11 bits per heavy atom. The van der Waals surface area contributed by atoms with Crippen LogP contribution < -0.4 is 0 Å². The van der Waals surface area contributed by atoms with Crippen LogP contribution in [0.1, 0.15) is 36.2 Å². The highest BCUT2D eigenvalue weighted by molar-refractivity contribution is 9.10. The summed E-state index contributed by atoms with van der Waals surface area (Å²) in [6.45, 7) is 6.66. The fraction of sp³-hybridized carbons (Fsp3) is 0.467. The fourth-order valence-electron chi connectivity index (χ4n) is 2.34. The lowest BCUT2D eigenvalue weighted by atomic mass is 9.95. The van der Waals surface area contributed by atoms with Crippen molar-refractivity contribution in [2.24, 2.45) is 11.8 Å². The van der Waals surface area contributed by atoms with E-state index in [1.807, 2.05) is 19.1 Å². The first-order valence-electron chi connectivity index (χ1n) is 6.51. The summed E-state index contributed by atoms with van der Waals surface area (Å²) in [7, 11) is 0. The van der Waals surface area contributed by atoms with Crippen LogP contribution in [-0.2, 0) is 4.79 Å². The normalized spacial score (nSPS) is 19.3. The minimum atomic E-state index is -0.191. The average Bonchev–Trinajstić information content (AvgIpc) is 2.74. The number of amides is 2. The molecule has 0 saturated carbocycles. The second-order valence-electron chi connectivity index (χ2n) is 5.45. The van der Waals surface area contributed by atoms with Crippen LogP contribution in [0.15, 0.2) is 22.7 Å². The number of halogens is 1. The van der Waals surface area contributed by atoms with Gasteiger partial charge in [0.1, 0.15) is 0 Å². The van der Waals surface area contributed by atoms with E-state index in [1.165, 1.54) is 4.90 Å². The van der Waals surface area contributed by atoms with Crippen LogP contribution >= 0.6 is 15.9 Å². The number of hydrogen-bond donors (Lipinski definition) is 0. The second-order valence-corrected chi connectivity index (χ2v) is 6.25. The van der Waals surface area contributed by atoms with Gasteiger partial charge in [-0.2, -0.15) is 0 Å². The summed E-state index contributed by atoms with van der Waals surface area (Å²) >= 11 is 3.43. The summed E-state index contributed by atoms with van der Waals surface area (Å²) in [4.78, 5) is 25.9. The van der Waals surface area contributed by atoms with Gasteiger partial charge in [0.05, 0.1) is 5.56 Å². The lowest BCUT2D eigenvalue weighted by molar-refractivity contribution is -0.125. The van der Waals surface area contributed by atoms with Gasteiger partial charge in [0, 0.05) is 17.4 Å². The molecule has 1 aliphatic heterocycles. The average molecular weight is 324 g/mol. The maximum Gasteiger partial charge on any atom is 0.261 e. The zero-order valence-electron chi connectivity index (χ0n) is 11.4. The van der Waals surface area contributed by atoms with Crippen LogP contribution in [-0.4, -0.2) is 23.3 Å². The largest absolute Gasteiger partial charge is 0.278 e. The minimum absolute atomic E-state index is 0.0582. The van der Waals surface area contributed by atoms with Crippen molar-refractivity contribution in [3.63, 3.8) is 0 Å². The molecule has 1 heterocycles. The summed E-state index contributed by atoms with van der Waals surface area (Å²) < 4.78 is 0.779. The Morgan fingerprint density at radius 3 is 2.68 bits per heavy atom. The van der Waals surface area contributed by atoms with Gasteiger partial charge in [-0.05, 0) is 46.3 Å². The number of benzene rings is 1. The Hall–Kier alpha value is -1.16. The molecular formula is C15H18BrNO2. The van der Waals surface area contributed by atoms with E-state index in [0.29, 0.717) is 24.4 Å². The first-order valence-corrected chi connectivity index (χ1v) is 7.31. The minimum Gasteiger partial charge on any atom is -0.278 e. The first kappa shape index (κ1) is 14.3. The standard InChI is InChI=1S/C15H18BrNO2/c1-9(2)11-7-13(18)17(8-11)15(19)12-6-4-5-10(3)14(12)16/h4-6,9,11H,7-8H2,1-3H3. The third kappa shape index (κ3) is 2.73. The van der Waals surface area contributed by atoms with E-state index in [1.54, 1.807) is 6.07 Å². The van der Waals surface area contributed by atoms with Crippen molar-refractivity contribution in [2.45, 2.75) is 27.2 Å². The van der Waals surface area contributed by atoms with Crippen molar-refractivity contribution in [2.75, 3.05) is 6.54 Å². The number of rotatable bonds is 2. The maximum atomic E-state index is 12.5. The zero-order valence-corrected chi connectivity index (χ0v) is 13.0. The molecule has 102 valence electrons. The van der Waals surface area contributed by atoms with Crippen LogP contribution in [0.5, 0.6) is 0 Å². The fourth-order valence-corrected chi connectivity index (χ4v) is 2.77. The molecule has 0 aromatic heterocycles. The number of hydrogen-bond acceptors (Lipinski definition) is 2. The summed E-state index contributed by atoms with van der Waals surface area (Å²) in [5.74, 6) is 0.448. The molecule has 0 radical (unpaired) electrons. The Kier molecular flexibility index (Phi) is 4.09. The van der Waals surface area contributed by atoms with Crippen LogP contribution in [0, 0.1) is 18.8 Å². The predicted octanol–water partition coefficient (Wildman–Crippen LogP) is 3.40. The summed E-state index contributed by atoms with van der Waals surface area (Å²) in [5, 5.41) is 0. The van der Waals surface area contributed by atoms with Gasteiger partial charge >= 0.3 is 0 Å². The molecule has 1 aliphatic rings. The van der Waals surface area contributed by atoms with Crippen LogP contribution in [0.4, 0.5) is 0 Å². The quantitative estimate of drug-likeness (QED) is 0.782. The van der Waals surface area contributed by atoms with E-state index >= 15 is 0 Å². The van der Waals surface area contributed by atoms with Gasteiger partial charge in [0.15, 0.2) is 0 Å². The summed E-state index contributed by atoms with van der Waals surface area (Å²) in [6, 6.07) is 5.53. The van der Waals surface area contributed by atoms with Crippen molar-refractivity contribution < 1.29 is 9.59 Å². The lowest BCUT2D eigenvalue weighted by Gasteiger charge is -2.17. The molecule has 0 N–H and O–H groups in total. The van der Waals surface area contributed by atoms with E-state index in [9.17, 15) is 9.59 Å².